The number of anilines is 1. The van der Waals surface area contributed by atoms with Crippen LogP contribution >= 0.6 is 23.5 Å². The highest BCUT2D eigenvalue weighted by atomic mass is 31.3. The van der Waals surface area contributed by atoms with Gasteiger partial charge in [-0.3, -0.25) is 9.09 Å². The molecule has 2 heterocycles. The molecule has 1 aromatic heterocycles. The van der Waals surface area contributed by atoms with E-state index >= 15 is 4.39 Å². The summed E-state index contributed by atoms with van der Waals surface area (Å²) < 4.78 is 79.8. The third kappa shape index (κ3) is 6.98. The maximum absolute atomic E-state index is 15.7. The van der Waals surface area contributed by atoms with Gasteiger partial charge < -0.3 is 35.2 Å². The summed E-state index contributed by atoms with van der Waals surface area (Å²) >= 11 is 0. The van der Waals surface area contributed by atoms with E-state index in [1.807, 2.05) is 0 Å². The number of nitrogen functional groups attached to an aromatic ring is 1. The number of alkyl halides is 2. The van der Waals surface area contributed by atoms with Crippen molar-refractivity contribution >= 4 is 29.3 Å². The first-order valence-electron chi connectivity index (χ1n) is 8.66. The Morgan fingerprint density at radius 3 is 2.44 bits per heavy atom. The van der Waals surface area contributed by atoms with Crippen molar-refractivity contribution in [2.24, 2.45) is 0 Å². The predicted octanol–water partition coefficient (Wildman–Crippen LogP) is -0.503. The zero-order chi connectivity index (χ0) is 26.1. The molecule has 34 heavy (non-hydrogen) atoms. The number of phosphoric acid groups is 3. The molecule has 7 atom stereocenters. The van der Waals surface area contributed by atoms with Gasteiger partial charge in [0, 0.05) is 6.20 Å². The minimum atomic E-state index is -5.86. The van der Waals surface area contributed by atoms with E-state index < -0.39 is 66.0 Å². The Balaban J connectivity index is 2.34. The van der Waals surface area contributed by atoms with E-state index in [-0.39, 0.29) is 5.82 Å². The summed E-state index contributed by atoms with van der Waals surface area (Å²) in [6.45, 7) is -0.469. The van der Waals surface area contributed by atoms with Crippen molar-refractivity contribution in [3.05, 3.63) is 22.7 Å². The third-order valence-electron chi connectivity index (χ3n) is 4.02. The molecule has 0 bridgehead atoms. The highest BCUT2D eigenvalue weighted by Crippen LogP contribution is 2.66. The fraction of sp³-hybridized carbons (Fsp3) is 0.538. The van der Waals surface area contributed by atoms with Crippen molar-refractivity contribution in [2.45, 2.75) is 37.1 Å². The Morgan fingerprint density at radius 2 is 1.91 bits per heavy atom. The summed E-state index contributed by atoms with van der Waals surface area (Å²) in [6.07, 6.45) is -7.38. The molecule has 0 saturated carbocycles. The Morgan fingerprint density at radius 1 is 1.29 bits per heavy atom. The van der Waals surface area contributed by atoms with E-state index in [1.54, 1.807) is 11.8 Å². The van der Waals surface area contributed by atoms with Crippen LogP contribution in [-0.2, 0) is 31.6 Å². The number of hydrogen-bond donors (Lipinski definition) is 6. The lowest BCUT2D eigenvalue weighted by Gasteiger charge is -2.25. The average molecular weight is 555 g/mol. The Bertz CT molecular complexity index is 1180. The molecule has 1 aliphatic rings. The van der Waals surface area contributed by atoms with Crippen LogP contribution in [0.2, 0.25) is 0 Å². The zero-order valence-electron chi connectivity index (χ0n) is 16.7. The Kier molecular flexibility index (Phi) is 8.60. The number of ether oxygens (including phenoxy) is 1. The first kappa shape index (κ1) is 28.7. The molecule has 21 heteroatoms. The van der Waals surface area contributed by atoms with Gasteiger partial charge in [-0.2, -0.15) is 13.6 Å². The summed E-state index contributed by atoms with van der Waals surface area (Å²) in [4.78, 5) is 51.4. The highest BCUT2D eigenvalue weighted by molar-refractivity contribution is 7.66. The first-order valence-corrected chi connectivity index (χ1v) is 13.2. The van der Waals surface area contributed by atoms with Crippen LogP contribution < -0.4 is 11.4 Å². The molecule has 1 aliphatic heterocycles. The van der Waals surface area contributed by atoms with Gasteiger partial charge in [-0.25, -0.2) is 27.3 Å². The maximum Gasteiger partial charge on any atom is 0.490 e. The van der Waals surface area contributed by atoms with Gasteiger partial charge in [0.25, 0.3) is 0 Å². The van der Waals surface area contributed by atoms with Gasteiger partial charge in [0.05, 0.1) is 6.10 Å². The second-order valence-electron chi connectivity index (χ2n) is 6.55. The molecule has 192 valence electrons. The van der Waals surface area contributed by atoms with Gasteiger partial charge in [0.2, 0.25) is 5.67 Å². The predicted molar refractivity (Wildman–Crippen MR) is 105 cm³/mol. The van der Waals surface area contributed by atoms with E-state index in [0.717, 1.165) is 19.2 Å². The average Bonchev–Trinajstić information content (AvgIpc) is 2.88. The number of hydrogen-bond acceptors (Lipinski definition) is 11. The second-order valence-corrected chi connectivity index (χ2v) is 10.9. The third-order valence-corrected chi connectivity index (χ3v) is 7.94. The van der Waals surface area contributed by atoms with Crippen molar-refractivity contribution < 1.29 is 65.0 Å². The second kappa shape index (κ2) is 10.2. The fourth-order valence-electron chi connectivity index (χ4n) is 2.82. The van der Waals surface area contributed by atoms with E-state index in [0.29, 0.717) is 4.57 Å². The number of aliphatic hydroxyl groups is 1. The molecule has 0 radical (unpaired) electrons. The Labute approximate surface area is 188 Å². The summed E-state index contributed by atoms with van der Waals surface area (Å²) in [5.41, 5.74) is 0.987. The highest BCUT2D eigenvalue weighted by Gasteiger charge is 2.60. The van der Waals surface area contributed by atoms with Crippen LogP contribution in [0.25, 0.3) is 0 Å². The molecule has 1 aromatic rings. The maximum atomic E-state index is 15.7. The van der Waals surface area contributed by atoms with Crippen molar-refractivity contribution in [2.75, 3.05) is 12.4 Å². The van der Waals surface area contributed by atoms with E-state index in [9.17, 15) is 37.8 Å². The van der Waals surface area contributed by atoms with Crippen molar-refractivity contribution in [1.82, 2.24) is 9.55 Å². The number of aliphatic hydroxyl groups excluding tert-OH is 1. The van der Waals surface area contributed by atoms with Crippen LogP contribution in [0, 0.1) is 11.8 Å². The molecule has 7 N–H and O–H groups in total. The van der Waals surface area contributed by atoms with E-state index in [4.69, 9.17) is 20.3 Å². The Hall–Kier alpha value is -1.57. The molecule has 0 amide bonds. The van der Waals surface area contributed by atoms with Crippen molar-refractivity contribution in [3.8, 4) is 11.8 Å². The minimum absolute atomic E-state index is 0.253. The van der Waals surface area contributed by atoms with Gasteiger partial charge >= 0.3 is 29.2 Å². The summed E-state index contributed by atoms with van der Waals surface area (Å²) in [5.74, 6) is 3.24. The van der Waals surface area contributed by atoms with Crippen LogP contribution in [0.15, 0.2) is 17.1 Å². The van der Waals surface area contributed by atoms with Gasteiger partial charge in [-0.15, -0.1) is 0 Å². The minimum Gasteiger partial charge on any atom is -0.386 e. The van der Waals surface area contributed by atoms with Gasteiger partial charge in [-0.1, -0.05) is 11.8 Å². The van der Waals surface area contributed by atoms with Gasteiger partial charge in [-0.05, 0) is 13.0 Å². The lowest BCUT2D eigenvalue weighted by atomic mass is 9.94. The molecule has 0 aliphatic carbocycles. The molecule has 1 fully saturated rings. The van der Waals surface area contributed by atoms with Crippen LogP contribution in [0.5, 0.6) is 0 Å². The number of rotatable bonds is 8. The number of halogens is 2. The van der Waals surface area contributed by atoms with E-state index in [1.165, 1.54) is 0 Å². The van der Waals surface area contributed by atoms with E-state index in [2.05, 4.69) is 18.1 Å². The quantitative estimate of drug-likeness (QED) is 0.175. The summed E-state index contributed by atoms with van der Waals surface area (Å²) in [7, 11) is -17.2. The molecule has 1 saturated heterocycles. The fourth-order valence-corrected chi connectivity index (χ4v) is 6.02. The van der Waals surface area contributed by atoms with Crippen LogP contribution in [0.1, 0.15) is 13.2 Å². The molecule has 2 rings (SSSR count). The van der Waals surface area contributed by atoms with Crippen LogP contribution in [0.4, 0.5) is 14.6 Å². The first-order chi connectivity index (χ1) is 15.4. The van der Waals surface area contributed by atoms with Crippen LogP contribution in [0.3, 0.4) is 0 Å². The molecular weight excluding hydrogens is 537 g/mol. The lowest BCUT2D eigenvalue weighted by Crippen LogP contribution is -2.45. The summed E-state index contributed by atoms with van der Waals surface area (Å²) in [6, 6.07) is 1.06. The normalized spacial score (nSPS) is 29.5. The molecule has 0 aromatic carbocycles. The SMILES string of the molecule is C[C@H](OP(=O)(O)OP(=O)(O)OP(=O)(O)O)[C@H]1O[C@@H](n2ccc(N)nc2=O)C(F)(C#CCF)[C@H]1O. The zero-order valence-corrected chi connectivity index (χ0v) is 19.4. The smallest absolute Gasteiger partial charge is 0.386 e. The topological polar surface area (TPSA) is 250 Å². The van der Waals surface area contributed by atoms with Crippen LogP contribution in [-0.4, -0.2) is 64.9 Å². The van der Waals surface area contributed by atoms with Gasteiger partial charge in [0.15, 0.2) is 6.23 Å². The monoisotopic (exact) mass is 555 g/mol. The molecule has 3 unspecified atom stereocenters. The largest absolute Gasteiger partial charge is 0.490 e. The lowest BCUT2D eigenvalue weighted by molar-refractivity contribution is -0.0780. The summed E-state index contributed by atoms with van der Waals surface area (Å²) in [5, 5.41) is 10.5. The number of aromatic nitrogens is 2. The molecular formula is C13H18F2N3O13P3. The van der Waals surface area contributed by atoms with Gasteiger partial charge in [0.1, 0.15) is 24.7 Å². The molecule has 0 spiro atoms. The number of phosphoric ester groups is 1. The standard InChI is InChI=1S/C13H18F2N3O13P3/c1-7(29-33(24,25)31-34(26,27)30-32(21,22)23)9-10(19)13(15,4-2-5-14)11(28-9)18-6-3-8(16)17-12(18)20/h3,6-7,9-11,19H,5H2,1H3,(H,24,25)(H,26,27)(H2,16,17,20)(H2,21,22,23)/t7-,9+,10-,11+,13?/m0/s1. The van der Waals surface area contributed by atoms with Crippen molar-refractivity contribution in [3.63, 3.8) is 0 Å². The molecule has 16 nitrogen and oxygen atoms in total. The number of nitrogens with two attached hydrogens (primary N) is 1. The van der Waals surface area contributed by atoms with Crippen molar-refractivity contribution in [1.29, 1.82) is 0 Å². The number of nitrogens with zero attached hydrogens (tertiary/aromatic N) is 2.